The van der Waals surface area contributed by atoms with Gasteiger partial charge >= 0.3 is 0 Å². The summed E-state index contributed by atoms with van der Waals surface area (Å²) >= 11 is 0. The molecule has 1 nitrogen and oxygen atoms in total. The largest absolute Gasteiger partial charge is 0.310 e. The van der Waals surface area contributed by atoms with E-state index in [1.165, 1.54) is 88.7 Å². The summed E-state index contributed by atoms with van der Waals surface area (Å²) < 4.78 is 0. The molecule has 0 amide bonds. The van der Waals surface area contributed by atoms with Crippen molar-refractivity contribution in [1.82, 2.24) is 0 Å². The smallest absolute Gasteiger partial charge is 0.0467 e. The molecule has 62 heavy (non-hydrogen) atoms. The summed E-state index contributed by atoms with van der Waals surface area (Å²) in [7, 11) is 0. The van der Waals surface area contributed by atoms with Gasteiger partial charge in [-0.3, -0.25) is 0 Å². The molecule has 11 rings (SSSR count). The van der Waals surface area contributed by atoms with Gasteiger partial charge in [0, 0.05) is 22.5 Å². The van der Waals surface area contributed by atoms with Crippen molar-refractivity contribution in [3.63, 3.8) is 0 Å². The highest BCUT2D eigenvalue weighted by Gasteiger charge is 2.35. The van der Waals surface area contributed by atoms with Crippen LogP contribution in [0.5, 0.6) is 0 Å². The normalized spacial score (nSPS) is 12.5. The summed E-state index contributed by atoms with van der Waals surface area (Å²) in [6.45, 7) is 4.70. The Morgan fingerprint density at radius 2 is 0.742 bits per heavy atom. The average Bonchev–Trinajstić information content (AvgIpc) is 3.57. The molecule has 0 atom stereocenters. The summed E-state index contributed by atoms with van der Waals surface area (Å²) in [5.41, 5.74) is 20.7. The summed E-state index contributed by atoms with van der Waals surface area (Å²) in [6, 6.07) is 86.6. The number of hydrogen-bond acceptors (Lipinski definition) is 1. The standard InChI is InChI=1S/C61H45N/c1-61(2)59-26-12-11-24-57(59)58-36-31-47(41-60(58)61)44-27-32-52(33-28-44)62(54-22-13-21-48(40-54)56-25-14-20-46-19-9-10-23-55(46)56)53-34-29-45(30-35-53)51-38-49(42-15-5-3-6-16-42)37-50(39-51)43-17-7-4-8-18-43/h3-41H,1-2H3. The molecule has 1 aliphatic carbocycles. The molecular weight excluding hydrogens is 747 g/mol. The van der Waals surface area contributed by atoms with Gasteiger partial charge in [-0.05, 0) is 149 Å². The van der Waals surface area contributed by atoms with Crippen molar-refractivity contribution >= 4 is 27.8 Å². The van der Waals surface area contributed by atoms with Crippen LogP contribution in [0.4, 0.5) is 17.1 Å². The van der Waals surface area contributed by atoms with Gasteiger partial charge in [-0.15, -0.1) is 0 Å². The van der Waals surface area contributed by atoms with Crippen LogP contribution in [-0.2, 0) is 5.41 Å². The Kier molecular flexibility index (Phi) is 9.24. The Morgan fingerprint density at radius 3 is 1.40 bits per heavy atom. The minimum atomic E-state index is -0.0497. The molecule has 0 saturated carbocycles. The molecule has 0 unspecified atom stereocenters. The Labute approximate surface area is 364 Å². The lowest BCUT2D eigenvalue weighted by Crippen LogP contribution is -2.14. The van der Waals surface area contributed by atoms with E-state index in [0.29, 0.717) is 0 Å². The molecule has 0 saturated heterocycles. The van der Waals surface area contributed by atoms with E-state index < -0.39 is 0 Å². The number of rotatable bonds is 8. The van der Waals surface area contributed by atoms with Crippen molar-refractivity contribution in [2.75, 3.05) is 4.90 Å². The molecule has 0 fully saturated rings. The van der Waals surface area contributed by atoms with Gasteiger partial charge in [-0.1, -0.05) is 190 Å². The topological polar surface area (TPSA) is 3.24 Å². The third-order valence-electron chi connectivity index (χ3n) is 12.9. The van der Waals surface area contributed by atoms with Crippen LogP contribution in [0.25, 0.3) is 77.5 Å². The minimum Gasteiger partial charge on any atom is -0.310 e. The van der Waals surface area contributed by atoms with E-state index in [0.717, 1.165) is 17.1 Å². The van der Waals surface area contributed by atoms with Crippen LogP contribution >= 0.6 is 0 Å². The van der Waals surface area contributed by atoms with E-state index in [-0.39, 0.29) is 5.41 Å². The van der Waals surface area contributed by atoms with Crippen molar-refractivity contribution in [1.29, 1.82) is 0 Å². The molecule has 1 heteroatoms. The molecule has 294 valence electrons. The molecule has 0 aliphatic heterocycles. The van der Waals surface area contributed by atoms with Gasteiger partial charge in [0.15, 0.2) is 0 Å². The predicted molar refractivity (Wildman–Crippen MR) is 263 cm³/mol. The number of benzene rings is 10. The predicted octanol–water partition coefficient (Wildman–Crippen LogP) is 17.0. The average molecular weight is 792 g/mol. The second-order valence-corrected chi connectivity index (χ2v) is 17.0. The Balaban J connectivity index is 1.000. The summed E-state index contributed by atoms with van der Waals surface area (Å²) in [5.74, 6) is 0. The second-order valence-electron chi connectivity index (χ2n) is 17.0. The van der Waals surface area contributed by atoms with Gasteiger partial charge in [0.05, 0.1) is 0 Å². The quantitative estimate of drug-likeness (QED) is 0.148. The number of anilines is 3. The molecule has 1 aliphatic rings. The maximum atomic E-state index is 2.41. The van der Waals surface area contributed by atoms with Gasteiger partial charge in [-0.2, -0.15) is 0 Å². The lowest BCUT2D eigenvalue weighted by molar-refractivity contribution is 0.660. The fraction of sp³-hybridized carbons (Fsp3) is 0.0492. The molecule has 0 radical (unpaired) electrons. The van der Waals surface area contributed by atoms with E-state index in [1.54, 1.807) is 0 Å². The first-order chi connectivity index (χ1) is 30.5. The lowest BCUT2D eigenvalue weighted by atomic mass is 9.81. The van der Waals surface area contributed by atoms with Gasteiger partial charge in [0.2, 0.25) is 0 Å². The van der Waals surface area contributed by atoms with Gasteiger partial charge < -0.3 is 4.90 Å². The first-order valence-electron chi connectivity index (χ1n) is 21.6. The number of fused-ring (bicyclic) bond motifs is 4. The highest BCUT2D eigenvalue weighted by molar-refractivity contribution is 5.97. The van der Waals surface area contributed by atoms with E-state index in [9.17, 15) is 0 Å². The second kappa shape index (κ2) is 15.4. The van der Waals surface area contributed by atoms with Crippen molar-refractivity contribution in [2.24, 2.45) is 0 Å². The molecule has 10 aromatic carbocycles. The summed E-state index contributed by atoms with van der Waals surface area (Å²) in [6.07, 6.45) is 0. The SMILES string of the molecule is CC1(C)c2ccccc2-c2ccc(-c3ccc(N(c4ccc(-c5cc(-c6ccccc6)cc(-c6ccccc6)c5)cc4)c4cccc(-c5cccc6ccccc56)c4)cc3)cc21. The van der Waals surface area contributed by atoms with Gasteiger partial charge in [0.25, 0.3) is 0 Å². The van der Waals surface area contributed by atoms with E-state index in [1.807, 2.05) is 0 Å². The number of hydrogen-bond donors (Lipinski definition) is 0. The van der Waals surface area contributed by atoms with Crippen LogP contribution in [0.3, 0.4) is 0 Å². The van der Waals surface area contributed by atoms with Crippen LogP contribution in [0.15, 0.2) is 237 Å². The van der Waals surface area contributed by atoms with E-state index in [2.05, 4.69) is 255 Å². The van der Waals surface area contributed by atoms with E-state index in [4.69, 9.17) is 0 Å². The zero-order chi connectivity index (χ0) is 41.6. The number of nitrogens with zero attached hydrogens (tertiary/aromatic N) is 1. The first-order valence-corrected chi connectivity index (χ1v) is 21.6. The van der Waals surface area contributed by atoms with Crippen molar-refractivity contribution in [3.8, 4) is 66.8 Å². The molecule has 0 spiro atoms. The summed E-state index contributed by atoms with van der Waals surface area (Å²) in [5, 5.41) is 2.49. The van der Waals surface area contributed by atoms with Crippen LogP contribution in [-0.4, -0.2) is 0 Å². The maximum Gasteiger partial charge on any atom is 0.0467 e. The molecule has 0 N–H and O–H groups in total. The van der Waals surface area contributed by atoms with Crippen LogP contribution < -0.4 is 4.90 Å². The Hall–Kier alpha value is -7.74. The fourth-order valence-corrected chi connectivity index (χ4v) is 9.62. The Morgan fingerprint density at radius 1 is 0.274 bits per heavy atom. The first kappa shape index (κ1) is 37.3. The van der Waals surface area contributed by atoms with Crippen molar-refractivity contribution < 1.29 is 0 Å². The molecule has 10 aromatic rings. The molecule has 0 bridgehead atoms. The molecule has 0 aromatic heterocycles. The van der Waals surface area contributed by atoms with Crippen LogP contribution in [0, 0.1) is 0 Å². The summed E-state index contributed by atoms with van der Waals surface area (Å²) in [4.78, 5) is 2.39. The zero-order valence-electron chi connectivity index (χ0n) is 35.0. The maximum absolute atomic E-state index is 2.41. The highest BCUT2D eigenvalue weighted by Crippen LogP contribution is 2.50. The van der Waals surface area contributed by atoms with Crippen molar-refractivity contribution in [2.45, 2.75) is 19.3 Å². The molecular formula is C61H45N. The lowest BCUT2D eigenvalue weighted by Gasteiger charge is -2.27. The van der Waals surface area contributed by atoms with Gasteiger partial charge in [-0.25, -0.2) is 0 Å². The monoisotopic (exact) mass is 791 g/mol. The molecule has 0 heterocycles. The van der Waals surface area contributed by atoms with Crippen LogP contribution in [0.2, 0.25) is 0 Å². The Bertz CT molecular complexity index is 3170. The van der Waals surface area contributed by atoms with Crippen LogP contribution in [0.1, 0.15) is 25.0 Å². The third kappa shape index (κ3) is 6.69. The fourth-order valence-electron chi connectivity index (χ4n) is 9.62. The third-order valence-corrected chi connectivity index (χ3v) is 12.9. The van der Waals surface area contributed by atoms with E-state index >= 15 is 0 Å². The van der Waals surface area contributed by atoms with Gasteiger partial charge in [0.1, 0.15) is 0 Å². The highest BCUT2D eigenvalue weighted by atomic mass is 15.1. The minimum absolute atomic E-state index is 0.0497. The zero-order valence-corrected chi connectivity index (χ0v) is 35.0. The van der Waals surface area contributed by atoms with Crippen molar-refractivity contribution in [3.05, 3.63) is 248 Å².